The molecule has 0 unspecified atom stereocenters. The molecule has 0 aliphatic carbocycles. The number of carbonyl (C=O) groups is 1. The SMILES string of the molecule is CCCn1c(=O)c2ccc(Cl)cc2n2c(SCC(=O)Nc3ccc(OC)cc3)nnc12. The summed E-state index contributed by atoms with van der Waals surface area (Å²) >= 11 is 7.43. The zero-order valence-electron chi connectivity index (χ0n) is 17.0. The van der Waals surface area contributed by atoms with Gasteiger partial charge in [-0.2, -0.15) is 0 Å². The first-order valence-corrected chi connectivity index (χ1v) is 11.0. The fourth-order valence-corrected chi connectivity index (χ4v) is 4.18. The van der Waals surface area contributed by atoms with Gasteiger partial charge in [0.05, 0.1) is 23.8 Å². The summed E-state index contributed by atoms with van der Waals surface area (Å²) in [4.78, 5) is 25.4. The molecular formula is C21H20ClN5O3S. The molecule has 31 heavy (non-hydrogen) atoms. The Morgan fingerprint density at radius 2 is 1.97 bits per heavy atom. The van der Waals surface area contributed by atoms with E-state index in [4.69, 9.17) is 16.3 Å². The Kier molecular flexibility index (Phi) is 6.15. The number of aryl methyl sites for hydroxylation is 1. The van der Waals surface area contributed by atoms with Crippen LogP contribution in [0.15, 0.2) is 52.4 Å². The Hall–Kier alpha value is -3.04. The number of halogens is 1. The molecule has 0 saturated carbocycles. The third-order valence-electron chi connectivity index (χ3n) is 4.69. The van der Waals surface area contributed by atoms with E-state index in [0.717, 1.165) is 6.42 Å². The number of rotatable bonds is 7. The first-order valence-electron chi connectivity index (χ1n) is 9.65. The van der Waals surface area contributed by atoms with Gasteiger partial charge in [-0.1, -0.05) is 30.3 Å². The molecule has 160 valence electrons. The van der Waals surface area contributed by atoms with E-state index >= 15 is 0 Å². The standard InChI is InChI=1S/C21H20ClN5O3S/c1-3-10-26-19(29)16-9-4-13(22)11-17(16)27-20(26)24-25-21(27)31-12-18(28)23-14-5-7-15(30-2)8-6-14/h4-9,11H,3,10,12H2,1-2H3,(H,23,28). The Morgan fingerprint density at radius 3 is 2.68 bits per heavy atom. The van der Waals surface area contributed by atoms with E-state index in [0.29, 0.717) is 44.8 Å². The lowest BCUT2D eigenvalue weighted by atomic mass is 10.2. The van der Waals surface area contributed by atoms with Crippen molar-refractivity contribution in [2.24, 2.45) is 0 Å². The van der Waals surface area contributed by atoms with Crippen LogP contribution < -0.4 is 15.6 Å². The summed E-state index contributed by atoms with van der Waals surface area (Å²) in [5, 5.41) is 12.8. The van der Waals surface area contributed by atoms with Gasteiger partial charge in [-0.15, -0.1) is 10.2 Å². The van der Waals surface area contributed by atoms with Crippen LogP contribution in [-0.4, -0.2) is 37.9 Å². The van der Waals surface area contributed by atoms with Crippen molar-refractivity contribution < 1.29 is 9.53 Å². The third kappa shape index (κ3) is 4.24. The second-order valence-electron chi connectivity index (χ2n) is 6.80. The molecule has 2 aromatic carbocycles. The predicted molar refractivity (Wildman–Crippen MR) is 122 cm³/mol. The van der Waals surface area contributed by atoms with Crippen LogP contribution in [0.1, 0.15) is 13.3 Å². The number of nitrogens with one attached hydrogen (secondary N) is 1. The number of carbonyl (C=O) groups excluding carboxylic acids is 1. The average molecular weight is 458 g/mol. The van der Waals surface area contributed by atoms with Gasteiger partial charge in [0.2, 0.25) is 11.7 Å². The Bertz CT molecular complexity index is 1320. The maximum Gasteiger partial charge on any atom is 0.262 e. The van der Waals surface area contributed by atoms with E-state index in [2.05, 4.69) is 15.5 Å². The minimum atomic E-state index is -0.184. The minimum absolute atomic E-state index is 0.127. The summed E-state index contributed by atoms with van der Waals surface area (Å²) in [6.45, 7) is 2.51. The maximum atomic E-state index is 12.9. The van der Waals surface area contributed by atoms with Crippen LogP contribution in [-0.2, 0) is 11.3 Å². The number of ether oxygens (including phenoxy) is 1. The van der Waals surface area contributed by atoms with Crippen LogP contribution in [0.2, 0.25) is 5.02 Å². The van der Waals surface area contributed by atoms with Crippen LogP contribution in [0.4, 0.5) is 5.69 Å². The van der Waals surface area contributed by atoms with Gasteiger partial charge in [-0.3, -0.25) is 18.6 Å². The summed E-state index contributed by atoms with van der Waals surface area (Å²) in [6.07, 6.45) is 0.772. The van der Waals surface area contributed by atoms with Crippen molar-refractivity contribution in [2.75, 3.05) is 18.2 Å². The van der Waals surface area contributed by atoms with Gasteiger partial charge in [0, 0.05) is 17.3 Å². The van der Waals surface area contributed by atoms with E-state index in [1.165, 1.54) is 11.8 Å². The number of aromatic nitrogens is 4. The highest BCUT2D eigenvalue weighted by Gasteiger charge is 2.18. The van der Waals surface area contributed by atoms with Crippen molar-refractivity contribution in [2.45, 2.75) is 25.0 Å². The summed E-state index contributed by atoms with van der Waals surface area (Å²) in [7, 11) is 1.59. The van der Waals surface area contributed by atoms with E-state index in [9.17, 15) is 9.59 Å². The molecule has 4 aromatic rings. The fraction of sp³-hybridized carbons (Fsp3) is 0.238. The van der Waals surface area contributed by atoms with Gasteiger partial charge >= 0.3 is 0 Å². The maximum absolute atomic E-state index is 12.9. The molecule has 10 heteroatoms. The number of anilines is 1. The Morgan fingerprint density at radius 1 is 1.19 bits per heavy atom. The quantitative estimate of drug-likeness (QED) is 0.424. The molecule has 4 rings (SSSR count). The third-order valence-corrected chi connectivity index (χ3v) is 5.85. The average Bonchev–Trinajstić information content (AvgIpc) is 3.19. The van der Waals surface area contributed by atoms with E-state index in [1.807, 2.05) is 6.92 Å². The monoisotopic (exact) mass is 457 g/mol. The number of amides is 1. The second kappa shape index (κ2) is 8.99. The van der Waals surface area contributed by atoms with Crippen LogP contribution >= 0.6 is 23.4 Å². The largest absolute Gasteiger partial charge is 0.497 e. The Balaban J connectivity index is 1.64. The smallest absolute Gasteiger partial charge is 0.262 e. The molecule has 1 N–H and O–H groups in total. The molecule has 0 saturated heterocycles. The highest BCUT2D eigenvalue weighted by atomic mass is 35.5. The number of thioether (sulfide) groups is 1. The van der Waals surface area contributed by atoms with Crippen molar-refractivity contribution in [1.29, 1.82) is 0 Å². The van der Waals surface area contributed by atoms with Gasteiger partial charge in [0.25, 0.3) is 5.56 Å². The number of fused-ring (bicyclic) bond motifs is 3. The van der Waals surface area contributed by atoms with Gasteiger partial charge in [0.1, 0.15) is 5.75 Å². The van der Waals surface area contributed by atoms with Crippen molar-refractivity contribution in [1.82, 2.24) is 19.2 Å². The lowest BCUT2D eigenvalue weighted by Gasteiger charge is -2.11. The van der Waals surface area contributed by atoms with Gasteiger partial charge in [-0.25, -0.2) is 0 Å². The predicted octanol–water partition coefficient (Wildman–Crippen LogP) is 3.85. The van der Waals surface area contributed by atoms with E-state index in [-0.39, 0.29) is 17.2 Å². The molecule has 0 atom stereocenters. The molecule has 2 heterocycles. The van der Waals surface area contributed by atoms with Crippen LogP contribution in [0.3, 0.4) is 0 Å². The molecule has 0 radical (unpaired) electrons. The number of benzene rings is 2. The fourth-order valence-electron chi connectivity index (χ4n) is 3.27. The first-order chi connectivity index (χ1) is 15.0. The number of hydrogen-bond acceptors (Lipinski definition) is 6. The number of methoxy groups -OCH3 is 1. The molecule has 0 spiro atoms. The second-order valence-corrected chi connectivity index (χ2v) is 8.18. The van der Waals surface area contributed by atoms with Gasteiger partial charge < -0.3 is 10.1 Å². The molecule has 0 aliphatic rings. The lowest BCUT2D eigenvalue weighted by molar-refractivity contribution is -0.113. The van der Waals surface area contributed by atoms with Crippen LogP contribution in [0.25, 0.3) is 16.7 Å². The highest BCUT2D eigenvalue weighted by Crippen LogP contribution is 2.24. The molecule has 0 aliphatic heterocycles. The molecule has 2 aromatic heterocycles. The molecular weight excluding hydrogens is 438 g/mol. The lowest BCUT2D eigenvalue weighted by Crippen LogP contribution is -2.23. The summed E-state index contributed by atoms with van der Waals surface area (Å²) in [5.74, 6) is 1.09. The molecule has 8 nitrogen and oxygen atoms in total. The van der Waals surface area contributed by atoms with Crippen molar-refractivity contribution in [3.05, 3.63) is 57.8 Å². The summed E-state index contributed by atoms with van der Waals surface area (Å²) in [5.41, 5.74) is 1.15. The molecule has 1 amide bonds. The first kappa shape index (κ1) is 21.2. The normalized spacial score (nSPS) is 11.2. The van der Waals surface area contributed by atoms with Crippen LogP contribution in [0, 0.1) is 0 Å². The highest BCUT2D eigenvalue weighted by molar-refractivity contribution is 7.99. The summed E-state index contributed by atoms with van der Waals surface area (Å²) in [6, 6.07) is 12.2. The zero-order chi connectivity index (χ0) is 22.0. The van der Waals surface area contributed by atoms with Gasteiger partial charge in [-0.05, 0) is 48.9 Å². The van der Waals surface area contributed by atoms with Crippen LogP contribution in [0.5, 0.6) is 5.75 Å². The topological polar surface area (TPSA) is 90.5 Å². The number of nitrogens with zero attached hydrogens (tertiary/aromatic N) is 4. The van der Waals surface area contributed by atoms with E-state index in [1.54, 1.807) is 58.5 Å². The Labute approximate surface area is 187 Å². The molecule has 0 bridgehead atoms. The zero-order valence-corrected chi connectivity index (χ0v) is 18.5. The van der Waals surface area contributed by atoms with E-state index < -0.39 is 0 Å². The van der Waals surface area contributed by atoms with Gasteiger partial charge in [0.15, 0.2) is 5.16 Å². The van der Waals surface area contributed by atoms with Crippen molar-refractivity contribution in [3.63, 3.8) is 0 Å². The summed E-state index contributed by atoms with van der Waals surface area (Å²) < 4.78 is 8.51. The van der Waals surface area contributed by atoms with Crippen molar-refractivity contribution >= 4 is 51.6 Å². The number of hydrogen-bond donors (Lipinski definition) is 1. The molecule has 0 fully saturated rings. The van der Waals surface area contributed by atoms with Crippen molar-refractivity contribution in [3.8, 4) is 5.75 Å². The minimum Gasteiger partial charge on any atom is -0.497 e.